The van der Waals surface area contributed by atoms with Gasteiger partial charge in [0.1, 0.15) is 0 Å². The van der Waals surface area contributed by atoms with Crippen molar-refractivity contribution >= 4 is 50.1 Å². The Bertz CT molecular complexity index is 804. The first kappa shape index (κ1) is 22.1. The number of rotatable bonds is 6. The number of hydrogen-bond donors (Lipinski definition) is 1. The van der Waals surface area contributed by atoms with E-state index in [2.05, 4.69) is 15.3 Å². The number of aromatic nitrogens is 2. The van der Waals surface area contributed by atoms with E-state index in [0.29, 0.717) is 6.54 Å². The van der Waals surface area contributed by atoms with Gasteiger partial charge < -0.3 is 0 Å². The summed E-state index contributed by atoms with van der Waals surface area (Å²) in [5, 5.41) is 3.84. The van der Waals surface area contributed by atoms with Gasteiger partial charge in [-0.25, -0.2) is 0 Å². The molecule has 4 nitrogen and oxygen atoms in total. The van der Waals surface area contributed by atoms with Crippen LogP contribution in [-0.4, -0.2) is 30.8 Å². The van der Waals surface area contributed by atoms with Crippen LogP contribution >= 0.6 is 24.8 Å². The summed E-state index contributed by atoms with van der Waals surface area (Å²) in [5.74, 6) is -0.0441. The van der Waals surface area contributed by atoms with E-state index in [9.17, 15) is 4.79 Å². The zero-order valence-corrected chi connectivity index (χ0v) is 17.2. The van der Waals surface area contributed by atoms with Crippen molar-refractivity contribution in [2.24, 2.45) is 0 Å². The minimum atomic E-state index is -0.0441. The first-order valence-corrected chi connectivity index (χ1v) is 9.68. The molecule has 3 rings (SSSR count). The van der Waals surface area contributed by atoms with Crippen LogP contribution in [-0.2, 0) is 11.9 Å². The second-order valence-electron chi connectivity index (χ2n) is 5.15. The van der Waals surface area contributed by atoms with E-state index in [-0.39, 0.29) is 45.7 Å². The molecule has 0 spiro atoms. The van der Waals surface area contributed by atoms with Gasteiger partial charge in [0, 0.05) is 0 Å². The number of benzene rings is 1. The van der Waals surface area contributed by atoms with Gasteiger partial charge >= 0.3 is 147 Å². The molecule has 0 saturated heterocycles. The summed E-state index contributed by atoms with van der Waals surface area (Å²) in [4.78, 5) is 20.9. The van der Waals surface area contributed by atoms with Crippen molar-refractivity contribution in [3.63, 3.8) is 0 Å². The van der Waals surface area contributed by atoms with Crippen molar-refractivity contribution in [3.8, 4) is 0 Å². The predicted molar refractivity (Wildman–Crippen MR) is 110 cm³/mol. The van der Waals surface area contributed by atoms with Crippen LogP contribution in [0.4, 0.5) is 0 Å². The molecule has 0 aliphatic heterocycles. The Morgan fingerprint density at radius 2 is 1.77 bits per heavy atom. The van der Waals surface area contributed by atoms with Gasteiger partial charge in [-0.1, -0.05) is 0 Å². The second-order valence-corrected chi connectivity index (χ2v) is 7.28. The van der Waals surface area contributed by atoms with Crippen LogP contribution in [0.5, 0.6) is 0 Å². The molecule has 26 heavy (non-hydrogen) atoms. The Hall–Kier alpha value is -1.91. The van der Waals surface area contributed by atoms with E-state index in [1.807, 2.05) is 54.6 Å². The van der Waals surface area contributed by atoms with E-state index in [0.717, 1.165) is 26.6 Å². The summed E-state index contributed by atoms with van der Waals surface area (Å²) in [6.45, 7) is 0.480. The SMILES string of the molecule is Cl.Cl.O=C(NCc1cccnc1)c1ccccc1[Se]Cc1ccccn1. The van der Waals surface area contributed by atoms with E-state index >= 15 is 0 Å². The maximum absolute atomic E-state index is 12.5. The van der Waals surface area contributed by atoms with Gasteiger partial charge in [0.05, 0.1) is 0 Å². The molecule has 0 unspecified atom stereocenters. The molecule has 1 N–H and O–H groups in total. The van der Waals surface area contributed by atoms with Gasteiger partial charge in [-0.3, -0.25) is 0 Å². The third-order valence-corrected chi connectivity index (χ3v) is 5.73. The van der Waals surface area contributed by atoms with Crippen LogP contribution in [0.2, 0.25) is 0 Å². The van der Waals surface area contributed by atoms with E-state index in [1.165, 1.54) is 0 Å². The van der Waals surface area contributed by atoms with Crippen molar-refractivity contribution in [1.82, 2.24) is 15.3 Å². The number of halogens is 2. The summed E-state index contributed by atoms with van der Waals surface area (Å²) in [6.07, 6.45) is 5.29. The number of nitrogens with one attached hydrogen (secondary N) is 1. The molecule has 0 aliphatic rings. The fourth-order valence-corrected chi connectivity index (χ4v) is 4.22. The summed E-state index contributed by atoms with van der Waals surface area (Å²) in [6, 6.07) is 17.5. The van der Waals surface area contributed by atoms with Gasteiger partial charge in [0.2, 0.25) is 0 Å². The Labute approximate surface area is 171 Å². The van der Waals surface area contributed by atoms with Gasteiger partial charge in [-0.05, 0) is 0 Å². The van der Waals surface area contributed by atoms with Gasteiger partial charge in [-0.2, -0.15) is 0 Å². The van der Waals surface area contributed by atoms with Crippen molar-refractivity contribution < 1.29 is 4.79 Å². The van der Waals surface area contributed by atoms with Crippen molar-refractivity contribution in [2.45, 2.75) is 11.9 Å². The van der Waals surface area contributed by atoms with Crippen molar-refractivity contribution in [1.29, 1.82) is 0 Å². The molecular formula is C19H19Cl2N3OSe. The fraction of sp³-hybridized carbons (Fsp3) is 0.105. The Morgan fingerprint density at radius 1 is 0.962 bits per heavy atom. The van der Waals surface area contributed by atoms with Crippen molar-refractivity contribution in [2.75, 3.05) is 0 Å². The van der Waals surface area contributed by atoms with Gasteiger partial charge in [-0.15, -0.1) is 24.8 Å². The third kappa shape index (κ3) is 6.43. The molecule has 0 radical (unpaired) electrons. The Morgan fingerprint density at radius 3 is 2.50 bits per heavy atom. The normalized spacial score (nSPS) is 9.54. The van der Waals surface area contributed by atoms with Crippen LogP contribution in [0.15, 0.2) is 73.2 Å². The summed E-state index contributed by atoms with van der Waals surface area (Å²) < 4.78 is 1.10. The molecule has 1 aromatic carbocycles. The number of pyridine rings is 2. The van der Waals surface area contributed by atoms with Crippen LogP contribution in [0.3, 0.4) is 0 Å². The zero-order valence-electron chi connectivity index (χ0n) is 13.9. The maximum atomic E-state index is 12.5. The van der Waals surface area contributed by atoms with Crippen molar-refractivity contribution in [3.05, 3.63) is 90.0 Å². The van der Waals surface area contributed by atoms with Crippen LogP contribution in [0.1, 0.15) is 21.6 Å². The minimum absolute atomic E-state index is 0. The average molecular weight is 455 g/mol. The molecule has 1 amide bonds. The Balaban J connectivity index is 0.00000169. The molecule has 2 heterocycles. The van der Waals surface area contributed by atoms with Gasteiger partial charge in [0.25, 0.3) is 0 Å². The van der Waals surface area contributed by atoms with Crippen LogP contribution < -0.4 is 9.78 Å². The molecule has 2 aromatic heterocycles. The van der Waals surface area contributed by atoms with Crippen LogP contribution in [0.25, 0.3) is 0 Å². The number of carbonyl (C=O) groups excluding carboxylic acids is 1. The predicted octanol–water partition coefficient (Wildman–Crippen LogP) is 2.78. The van der Waals surface area contributed by atoms with Crippen LogP contribution in [0, 0.1) is 0 Å². The average Bonchev–Trinajstić information content (AvgIpc) is 2.66. The monoisotopic (exact) mass is 455 g/mol. The number of amides is 1. The molecule has 3 aromatic rings. The number of nitrogens with zero attached hydrogens (tertiary/aromatic N) is 2. The summed E-state index contributed by atoms with van der Waals surface area (Å²) in [7, 11) is 0. The summed E-state index contributed by atoms with van der Waals surface area (Å²) in [5.41, 5.74) is 2.79. The summed E-state index contributed by atoms with van der Waals surface area (Å²) >= 11 is 0.163. The molecule has 0 saturated carbocycles. The molecular weight excluding hydrogens is 436 g/mol. The van der Waals surface area contributed by atoms with E-state index < -0.39 is 0 Å². The van der Waals surface area contributed by atoms with E-state index in [1.54, 1.807) is 18.6 Å². The first-order valence-electron chi connectivity index (χ1n) is 7.62. The molecule has 0 atom stereocenters. The first-order chi connectivity index (χ1) is 11.8. The molecule has 0 fully saturated rings. The molecule has 0 bridgehead atoms. The number of carbonyl (C=O) groups is 1. The fourth-order valence-electron chi connectivity index (χ4n) is 2.20. The molecule has 0 aliphatic carbocycles. The zero-order chi connectivity index (χ0) is 16.6. The quantitative estimate of drug-likeness (QED) is 0.582. The molecule has 7 heteroatoms. The van der Waals surface area contributed by atoms with Gasteiger partial charge in [0.15, 0.2) is 0 Å². The Kier molecular flexibility index (Phi) is 9.92. The topological polar surface area (TPSA) is 54.9 Å². The standard InChI is InChI=1S/C19H17N3OSe.2ClH/c23-19(22-13-15-6-5-10-20-12-15)17-8-1-2-9-18(17)24-14-16-7-3-4-11-21-16;;/h1-12H,13-14H2,(H,22,23);2*1H. The number of hydrogen-bond acceptors (Lipinski definition) is 3. The molecule has 136 valence electrons. The third-order valence-electron chi connectivity index (χ3n) is 3.41. The second kappa shape index (κ2) is 11.7. The van der Waals surface area contributed by atoms with E-state index in [4.69, 9.17) is 0 Å².